The van der Waals surface area contributed by atoms with Crippen LogP contribution in [0, 0.1) is 5.82 Å². The molecule has 0 saturated carbocycles. The lowest BCUT2D eigenvalue weighted by molar-refractivity contribution is 0.269. The van der Waals surface area contributed by atoms with Crippen molar-refractivity contribution in [2.75, 3.05) is 6.61 Å². The standard InChI is InChI=1S/C22H21FN2O4S/c1-2-28-22-14-18(15-24-25-30(26,27)20-6-4-3-5-7-20)10-13-21(22)29-16-17-8-11-19(23)12-9-17/h3-15,25H,2,16H2,1H3/b24-15-. The molecule has 0 atom stereocenters. The normalized spacial score (nSPS) is 11.4. The average molecular weight is 428 g/mol. The summed E-state index contributed by atoms with van der Waals surface area (Å²) >= 11 is 0. The molecule has 0 bridgehead atoms. The zero-order valence-electron chi connectivity index (χ0n) is 16.3. The molecule has 30 heavy (non-hydrogen) atoms. The minimum atomic E-state index is -3.73. The first kappa shape index (κ1) is 21.3. The van der Waals surface area contributed by atoms with E-state index in [1.807, 2.05) is 6.92 Å². The molecule has 0 aliphatic rings. The van der Waals surface area contributed by atoms with Crippen molar-refractivity contribution in [1.82, 2.24) is 4.83 Å². The van der Waals surface area contributed by atoms with Gasteiger partial charge >= 0.3 is 0 Å². The average Bonchev–Trinajstić information content (AvgIpc) is 2.75. The summed E-state index contributed by atoms with van der Waals surface area (Å²) in [6, 6.07) is 19.2. The fourth-order valence-electron chi connectivity index (χ4n) is 2.56. The topological polar surface area (TPSA) is 77.0 Å². The van der Waals surface area contributed by atoms with Gasteiger partial charge in [0.2, 0.25) is 0 Å². The summed E-state index contributed by atoms with van der Waals surface area (Å²) in [5.74, 6) is 0.706. The molecule has 0 heterocycles. The monoisotopic (exact) mass is 428 g/mol. The van der Waals surface area contributed by atoms with Crippen LogP contribution in [0.2, 0.25) is 0 Å². The number of hydrogen-bond acceptors (Lipinski definition) is 5. The van der Waals surface area contributed by atoms with Crippen LogP contribution in [-0.2, 0) is 16.6 Å². The van der Waals surface area contributed by atoms with E-state index in [1.165, 1.54) is 30.5 Å². The summed E-state index contributed by atoms with van der Waals surface area (Å²) in [7, 11) is -3.73. The van der Waals surface area contributed by atoms with Gasteiger partial charge in [0, 0.05) is 0 Å². The van der Waals surface area contributed by atoms with E-state index in [4.69, 9.17) is 9.47 Å². The van der Waals surface area contributed by atoms with E-state index < -0.39 is 10.0 Å². The van der Waals surface area contributed by atoms with Gasteiger partial charge in [0.15, 0.2) is 11.5 Å². The van der Waals surface area contributed by atoms with Crippen LogP contribution >= 0.6 is 0 Å². The minimum absolute atomic E-state index is 0.127. The van der Waals surface area contributed by atoms with Crippen molar-refractivity contribution < 1.29 is 22.3 Å². The summed E-state index contributed by atoms with van der Waals surface area (Å²) in [6.07, 6.45) is 1.38. The summed E-state index contributed by atoms with van der Waals surface area (Å²) in [4.78, 5) is 2.31. The van der Waals surface area contributed by atoms with Gasteiger partial charge in [0.25, 0.3) is 10.0 Å². The Morgan fingerprint density at radius 1 is 0.967 bits per heavy atom. The van der Waals surface area contributed by atoms with Crippen LogP contribution in [0.1, 0.15) is 18.1 Å². The SMILES string of the molecule is CCOc1cc(/C=N\NS(=O)(=O)c2ccccc2)ccc1OCc1ccc(F)cc1. The van der Waals surface area contributed by atoms with E-state index in [9.17, 15) is 12.8 Å². The molecule has 0 amide bonds. The molecule has 3 aromatic carbocycles. The molecule has 0 fully saturated rings. The van der Waals surface area contributed by atoms with Gasteiger partial charge in [0.05, 0.1) is 17.7 Å². The number of rotatable bonds is 9. The Hall–Kier alpha value is -3.39. The molecule has 0 aliphatic carbocycles. The highest BCUT2D eigenvalue weighted by atomic mass is 32.2. The predicted octanol–water partition coefficient (Wildman–Crippen LogP) is 4.12. The molecule has 8 heteroatoms. The number of sulfonamides is 1. The van der Waals surface area contributed by atoms with E-state index in [0.29, 0.717) is 23.7 Å². The fourth-order valence-corrected chi connectivity index (χ4v) is 3.37. The van der Waals surface area contributed by atoms with E-state index in [2.05, 4.69) is 9.93 Å². The lowest BCUT2D eigenvalue weighted by Crippen LogP contribution is -2.18. The van der Waals surface area contributed by atoms with E-state index in [0.717, 1.165) is 5.56 Å². The first-order chi connectivity index (χ1) is 14.5. The van der Waals surface area contributed by atoms with Gasteiger partial charge in [-0.3, -0.25) is 0 Å². The molecule has 0 aromatic heterocycles. The van der Waals surface area contributed by atoms with Crippen LogP contribution in [0.3, 0.4) is 0 Å². The summed E-state index contributed by atoms with van der Waals surface area (Å²) < 4.78 is 48.8. The third-order valence-electron chi connectivity index (χ3n) is 4.02. The second kappa shape index (κ2) is 9.89. The predicted molar refractivity (Wildman–Crippen MR) is 113 cm³/mol. The molecule has 0 spiro atoms. The molecule has 3 aromatic rings. The Morgan fingerprint density at radius 2 is 1.70 bits per heavy atom. The van der Waals surface area contributed by atoms with Gasteiger partial charge in [0.1, 0.15) is 12.4 Å². The fraction of sp³-hybridized carbons (Fsp3) is 0.136. The molecule has 0 radical (unpaired) electrons. The van der Waals surface area contributed by atoms with Crippen LogP contribution in [0.5, 0.6) is 11.5 Å². The highest BCUT2D eigenvalue weighted by Gasteiger charge is 2.11. The zero-order valence-corrected chi connectivity index (χ0v) is 17.1. The minimum Gasteiger partial charge on any atom is -0.490 e. The van der Waals surface area contributed by atoms with Gasteiger partial charge < -0.3 is 9.47 Å². The highest BCUT2D eigenvalue weighted by molar-refractivity contribution is 7.89. The van der Waals surface area contributed by atoms with Gasteiger partial charge in [-0.05, 0) is 60.5 Å². The Bertz CT molecular complexity index is 1100. The summed E-state index contributed by atoms with van der Waals surface area (Å²) in [6.45, 7) is 2.53. The summed E-state index contributed by atoms with van der Waals surface area (Å²) in [5.41, 5.74) is 1.45. The van der Waals surface area contributed by atoms with Crippen molar-refractivity contribution in [3.8, 4) is 11.5 Å². The van der Waals surface area contributed by atoms with Crippen LogP contribution in [-0.4, -0.2) is 21.2 Å². The number of hydrogen-bond donors (Lipinski definition) is 1. The maximum atomic E-state index is 13.0. The number of hydrazone groups is 1. The molecular formula is C22H21FN2O4S. The lowest BCUT2D eigenvalue weighted by atomic mass is 10.2. The maximum absolute atomic E-state index is 13.0. The van der Waals surface area contributed by atoms with Crippen molar-refractivity contribution >= 4 is 16.2 Å². The number of nitrogens with one attached hydrogen (secondary N) is 1. The molecule has 6 nitrogen and oxygen atoms in total. The first-order valence-corrected chi connectivity index (χ1v) is 10.7. The molecular weight excluding hydrogens is 407 g/mol. The van der Waals surface area contributed by atoms with Crippen molar-refractivity contribution in [2.45, 2.75) is 18.4 Å². The Kier molecular flexibility index (Phi) is 7.03. The molecule has 3 rings (SSSR count). The molecule has 1 N–H and O–H groups in total. The number of halogens is 1. The smallest absolute Gasteiger partial charge is 0.276 e. The number of benzene rings is 3. The Morgan fingerprint density at radius 3 is 2.40 bits per heavy atom. The Balaban J connectivity index is 1.69. The van der Waals surface area contributed by atoms with Crippen molar-refractivity contribution in [3.05, 3.63) is 89.7 Å². The highest BCUT2D eigenvalue weighted by Crippen LogP contribution is 2.29. The third kappa shape index (κ3) is 5.81. The van der Waals surface area contributed by atoms with Gasteiger partial charge in [-0.25, -0.2) is 9.22 Å². The molecule has 0 unspecified atom stereocenters. The summed E-state index contributed by atoms with van der Waals surface area (Å²) in [5, 5.41) is 3.83. The zero-order chi connectivity index (χ0) is 21.4. The van der Waals surface area contributed by atoms with Crippen LogP contribution in [0.15, 0.2) is 82.8 Å². The van der Waals surface area contributed by atoms with Crippen LogP contribution in [0.4, 0.5) is 4.39 Å². The third-order valence-corrected chi connectivity index (χ3v) is 5.25. The van der Waals surface area contributed by atoms with Crippen LogP contribution in [0.25, 0.3) is 0 Å². The van der Waals surface area contributed by atoms with E-state index in [1.54, 1.807) is 48.5 Å². The largest absolute Gasteiger partial charge is 0.490 e. The molecule has 0 aliphatic heterocycles. The first-order valence-electron chi connectivity index (χ1n) is 9.22. The number of nitrogens with zero attached hydrogens (tertiary/aromatic N) is 1. The second-order valence-corrected chi connectivity index (χ2v) is 7.88. The van der Waals surface area contributed by atoms with Crippen molar-refractivity contribution in [3.63, 3.8) is 0 Å². The van der Waals surface area contributed by atoms with Crippen molar-refractivity contribution in [2.24, 2.45) is 5.10 Å². The molecule has 156 valence electrons. The quantitative estimate of drug-likeness (QED) is 0.411. The maximum Gasteiger partial charge on any atom is 0.276 e. The van der Waals surface area contributed by atoms with Gasteiger partial charge in [-0.1, -0.05) is 30.3 Å². The van der Waals surface area contributed by atoms with Gasteiger partial charge in [-0.2, -0.15) is 13.5 Å². The number of ether oxygens (including phenoxy) is 2. The van der Waals surface area contributed by atoms with Crippen LogP contribution < -0.4 is 14.3 Å². The molecule has 0 saturated heterocycles. The van der Waals surface area contributed by atoms with Crippen molar-refractivity contribution in [1.29, 1.82) is 0 Å². The van der Waals surface area contributed by atoms with E-state index in [-0.39, 0.29) is 17.3 Å². The second-order valence-electron chi connectivity index (χ2n) is 6.22. The Labute approximate surface area is 175 Å². The van der Waals surface area contributed by atoms with E-state index >= 15 is 0 Å². The lowest BCUT2D eigenvalue weighted by Gasteiger charge is -2.12. The van der Waals surface area contributed by atoms with Gasteiger partial charge in [-0.15, -0.1) is 0 Å².